The van der Waals surface area contributed by atoms with Crippen LogP contribution in [0.1, 0.15) is 5.56 Å². The maximum Gasteiger partial charge on any atom is 0.143 e. The summed E-state index contributed by atoms with van der Waals surface area (Å²) in [6, 6.07) is 4.78. The minimum Gasteiger partial charge on any atom is -0.506 e. The fourth-order valence-electron chi connectivity index (χ4n) is 0.698. The molecule has 0 aliphatic carbocycles. The molecule has 4 heteroatoms. The minimum absolute atomic E-state index is 0.0769. The number of hydrogen-bond acceptors (Lipinski definition) is 3. The monoisotopic (exact) mass is 171 g/mol. The van der Waals surface area contributed by atoms with E-state index in [1.807, 2.05) is 0 Å². The fraction of sp³-hybridized carbons (Fsp3) is 0. The summed E-state index contributed by atoms with van der Waals surface area (Å²) in [7, 11) is 0. The van der Waals surface area contributed by atoms with Gasteiger partial charge >= 0.3 is 0 Å². The van der Waals surface area contributed by atoms with E-state index in [1.165, 1.54) is 0 Å². The quantitative estimate of drug-likeness (QED) is 0.385. The van der Waals surface area contributed by atoms with E-state index in [2.05, 4.69) is 5.16 Å². The Labute approximate surface area is 68.5 Å². The Balaban J connectivity index is 3.16. The van der Waals surface area contributed by atoms with Gasteiger partial charge < -0.3 is 10.3 Å². The van der Waals surface area contributed by atoms with Crippen molar-refractivity contribution in [2.75, 3.05) is 0 Å². The lowest BCUT2D eigenvalue weighted by atomic mass is 10.2. The van der Waals surface area contributed by atoms with E-state index in [-0.39, 0.29) is 10.8 Å². The first-order chi connectivity index (χ1) is 5.25. The Morgan fingerprint density at radius 1 is 1.45 bits per heavy atom. The predicted octanol–water partition coefficient (Wildman–Crippen LogP) is 1.85. The molecule has 0 fully saturated rings. The number of aromatic hydroxyl groups is 1. The largest absolute Gasteiger partial charge is 0.506 e. The molecule has 0 amide bonds. The van der Waals surface area contributed by atoms with Crippen molar-refractivity contribution in [1.82, 2.24) is 0 Å². The van der Waals surface area contributed by atoms with Crippen LogP contribution in [0.25, 0.3) is 0 Å². The Hall–Kier alpha value is -1.22. The van der Waals surface area contributed by atoms with Crippen molar-refractivity contribution < 1.29 is 10.3 Å². The summed E-state index contributed by atoms with van der Waals surface area (Å²) in [4.78, 5) is 0. The molecule has 0 aliphatic heterocycles. The molecule has 0 spiro atoms. The molecule has 1 rings (SSSR count). The van der Waals surface area contributed by atoms with Gasteiger partial charge in [0.2, 0.25) is 0 Å². The summed E-state index contributed by atoms with van der Waals surface area (Å²) in [5.74, 6) is -0.0769. The Morgan fingerprint density at radius 3 is 2.82 bits per heavy atom. The molecule has 58 valence electrons. The highest BCUT2D eigenvalue weighted by molar-refractivity contribution is 6.32. The molecular weight excluding hydrogens is 166 g/mol. The highest BCUT2D eigenvalue weighted by atomic mass is 35.5. The van der Waals surface area contributed by atoms with Gasteiger partial charge in [0, 0.05) is 5.56 Å². The third kappa shape index (κ3) is 1.62. The van der Waals surface area contributed by atoms with Crippen molar-refractivity contribution in [2.45, 2.75) is 0 Å². The van der Waals surface area contributed by atoms with Crippen LogP contribution in [0.3, 0.4) is 0 Å². The van der Waals surface area contributed by atoms with E-state index < -0.39 is 0 Å². The number of oxime groups is 1. The van der Waals surface area contributed by atoms with Crippen molar-refractivity contribution in [2.24, 2.45) is 5.16 Å². The maximum absolute atomic E-state index is 9.19. The molecule has 11 heavy (non-hydrogen) atoms. The van der Waals surface area contributed by atoms with Crippen LogP contribution < -0.4 is 0 Å². The number of para-hydroxylation sites is 1. The standard InChI is InChI=1S/C7H6ClNO2/c8-6-3-1-2-5(4-9-11)7(6)10/h1-4,10-11H/b9-4+. The molecule has 0 saturated carbocycles. The zero-order chi connectivity index (χ0) is 8.27. The Bertz CT molecular complexity index is 286. The molecule has 0 aliphatic rings. The number of phenolic OH excluding ortho intramolecular Hbond substituents is 1. The molecule has 1 aromatic carbocycles. The molecule has 3 nitrogen and oxygen atoms in total. The third-order valence-electron chi connectivity index (χ3n) is 1.21. The zero-order valence-electron chi connectivity index (χ0n) is 5.53. The summed E-state index contributed by atoms with van der Waals surface area (Å²) in [5.41, 5.74) is 0.389. The molecule has 0 heterocycles. The number of phenols is 1. The van der Waals surface area contributed by atoms with Crippen LogP contribution in [0.15, 0.2) is 23.4 Å². The lowest BCUT2D eigenvalue weighted by Crippen LogP contribution is -1.81. The fourth-order valence-corrected chi connectivity index (χ4v) is 0.880. The van der Waals surface area contributed by atoms with Crippen molar-refractivity contribution in [1.29, 1.82) is 0 Å². The molecule has 0 bridgehead atoms. The summed E-state index contributed by atoms with van der Waals surface area (Å²) >= 11 is 5.56. The SMILES string of the molecule is O/N=C/c1cccc(Cl)c1O. The third-order valence-corrected chi connectivity index (χ3v) is 1.52. The van der Waals surface area contributed by atoms with Crippen molar-refractivity contribution in [3.8, 4) is 5.75 Å². The van der Waals surface area contributed by atoms with Gasteiger partial charge in [0.1, 0.15) is 5.75 Å². The molecule has 1 aromatic rings. The molecule has 2 N–H and O–H groups in total. The normalized spacial score (nSPS) is 10.6. The molecule has 0 unspecified atom stereocenters. The first-order valence-corrected chi connectivity index (χ1v) is 3.28. The number of halogens is 1. The average molecular weight is 172 g/mol. The molecule has 0 saturated heterocycles. The molecule has 0 aromatic heterocycles. The van der Waals surface area contributed by atoms with Gasteiger partial charge in [-0.1, -0.05) is 22.8 Å². The van der Waals surface area contributed by atoms with Gasteiger partial charge in [0.15, 0.2) is 0 Å². The molecular formula is C7H6ClNO2. The van der Waals surface area contributed by atoms with Gasteiger partial charge in [0.25, 0.3) is 0 Å². The van der Waals surface area contributed by atoms with E-state index in [0.717, 1.165) is 6.21 Å². The van der Waals surface area contributed by atoms with Crippen LogP contribution in [0, 0.1) is 0 Å². The summed E-state index contributed by atoms with van der Waals surface area (Å²) in [5, 5.41) is 20.3. The number of hydrogen-bond donors (Lipinski definition) is 2. The van der Waals surface area contributed by atoms with Gasteiger partial charge in [-0.05, 0) is 12.1 Å². The smallest absolute Gasteiger partial charge is 0.143 e. The van der Waals surface area contributed by atoms with Gasteiger partial charge in [0.05, 0.1) is 11.2 Å². The van der Waals surface area contributed by atoms with Crippen molar-refractivity contribution in [3.63, 3.8) is 0 Å². The van der Waals surface area contributed by atoms with Gasteiger partial charge in [-0.2, -0.15) is 0 Å². The van der Waals surface area contributed by atoms with E-state index >= 15 is 0 Å². The van der Waals surface area contributed by atoms with Crippen LogP contribution in [0.5, 0.6) is 5.75 Å². The maximum atomic E-state index is 9.19. The van der Waals surface area contributed by atoms with Crippen LogP contribution in [0.2, 0.25) is 5.02 Å². The summed E-state index contributed by atoms with van der Waals surface area (Å²) in [6.45, 7) is 0. The van der Waals surface area contributed by atoms with E-state index in [0.29, 0.717) is 5.56 Å². The predicted molar refractivity (Wildman–Crippen MR) is 42.5 cm³/mol. The van der Waals surface area contributed by atoms with Gasteiger partial charge in [-0.3, -0.25) is 0 Å². The second-order valence-corrected chi connectivity index (χ2v) is 2.33. The Morgan fingerprint density at radius 2 is 2.18 bits per heavy atom. The minimum atomic E-state index is -0.0769. The number of nitrogens with zero attached hydrogens (tertiary/aromatic N) is 1. The zero-order valence-corrected chi connectivity index (χ0v) is 6.28. The molecule has 0 atom stereocenters. The van der Waals surface area contributed by atoms with Crippen LogP contribution in [-0.2, 0) is 0 Å². The number of benzene rings is 1. The second kappa shape index (κ2) is 3.25. The summed E-state index contributed by atoms with van der Waals surface area (Å²) < 4.78 is 0. The van der Waals surface area contributed by atoms with Crippen LogP contribution >= 0.6 is 11.6 Å². The highest BCUT2D eigenvalue weighted by Gasteiger charge is 2.01. The second-order valence-electron chi connectivity index (χ2n) is 1.92. The Kier molecular flexibility index (Phi) is 2.33. The lowest BCUT2D eigenvalue weighted by Gasteiger charge is -1.97. The van der Waals surface area contributed by atoms with Crippen LogP contribution in [-0.4, -0.2) is 16.5 Å². The van der Waals surface area contributed by atoms with Crippen molar-refractivity contribution in [3.05, 3.63) is 28.8 Å². The van der Waals surface area contributed by atoms with Gasteiger partial charge in [-0.15, -0.1) is 0 Å². The van der Waals surface area contributed by atoms with E-state index in [9.17, 15) is 5.11 Å². The van der Waals surface area contributed by atoms with Crippen molar-refractivity contribution >= 4 is 17.8 Å². The topological polar surface area (TPSA) is 52.8 Å². The highest BCUT2D eigenvalue weighted by Crippen LogP contribution is 2.25. The van der Waals surface area contributed by atoms with Gasteiger partial charge in [-0.25, -0.2) is 0 Å². The number of rotatable bonds is 1. The lowest BCUT2D eigenvalue weighted by molar-refractivity contribution is 0.321. The first kappa shape index (κ1) is 7.88. The average Bonchev–Trinajstić information content (AvgIpc) is 1.99. The van der Waals surface area contributed by atoms with E-state index in [4.69, 9.17) is 16.8 Å². The van der Waals surface area contributed by atoms with E-state index in [1.54, 1.807) is 18.2 Å². The summed E-state index contributed by atoms with van der Waals surface area (Å²) in [6.07, 6.45) is 1.11. The van der Waals surface area contributed by atoms with Crippen LogP contribution in [0.4, 0.5) is 0 Å². The first-order valence-electron chi connectivity index (χ1n) is 2.90. The molecule has 0 radical (unpaired) electrons.